The Hall–Kier alpha value is -8.24. The molecular weight excluding hydrogens is 1200 g/mol. The lowest BCUT2D eigenvalue weighted by molar-refractivity contribution is 0.419. The predicted molar refractivity (Wildman–Crippen MR) is 295 cm³/mol. The molecule has 22 nitrogen and oxygen atoms in total. The minimum Gasteiger partial charge on any atom is -0.496 e. The summed E-state index contributed by atoms with van der Waals surface area (Å²) in [6.07, 6.45) is 0. The third-order valence-corrected chi connectivity index (χ3v) is 19.2. The topological polar surface area (TPSA) is 301 Å². The lowest BCUT2D eigenvalue weighted by Gasteiger charge is -2.07. The highest BCUT2D eigenvalue weighted by Gasteiger charge is 2.31. The van der Waals surface area contributed by atoms with Crippen molar-refractivity contribution in [2.45, 2.75) is 64.4 Å². The van der Waals surface area contributed by atoms with Gasteiger partial charge in [-0.2, -0.15) is 15.0 Å². The first-order valence-electron chi connectivity index (χ1n) is 23.0. The van der Waals surface area contributed by atoms with Crippen molar-refractivity contribution in [3.8, 4) is 5.75 Å². The average molecular weight is 1240 g/mol. The van der Waals surface area contributed by atoms with Crippen molar-refractivity contribution in [1.29, 1.82) is 0 Å². The molecule has 0 saturated carbocycles. The molecule has 0 saturated heterocycles. The van der Waals surface area contributed by atoms with E-state index in [-0.39, 0.29) is 52.1 Å². The Morgan fingerprint density at radius 3 is 1.41 bits per heavy atom. The van der Waals surface area contributed by atoms with E-state index >= 15 is 0 Å². The molecule has 3 N–H and O–H groups in total. The van der Waals surface area contributed by atoms with Crippen molar-refractivity contribution in [1.82, 2.24) is 59.4 Å². The Labute approximate surface area is 457 Å². The van der Waals surface area contributed by atoms with E-state index in [0.29, 0.717) is 48.7 Å². The van der Waals surface area contributed by atoms with Gasteiger partial charge in [0.15, 0.2) is 16.9 Å². The number of halogens is 2. The molecule has 12 aromatic rings. The fourth-order valence-electron chi connectivity index (χ4n) is 8.82. The number of aromatic amines is 3. The summed E-state index contributed by atoms with van der Waals surface area (Å²) in [7, 11) is -10.4. The molecule has 78 heavy (non-hydrogen) atoms. The van der Waals surface area contributed by atoms with E-state index in [0.717, 1.165) is 21.2 Å². The van der Waals surface area contributed by atoms with Crippen LogP contribution in [0.15, 0.2) is 168 Å². The van der Waals surface area contributed by atoms with Crippen LogP contribution in [0.1, 0.15) is 27.8 Å². The molecule has 12 rings (SSSR count). The van der Waals surface area contributed by atoms with Gasteiger partial charge in [-0.25, -0.2) is 54.4 Å². The molecule has 0 fully saturated rings. The second kappa shape index (κ2) is 20.0. The third kappa shape index (κ3) is 9.14. The molecule has 0 amide bonds. The van der Waals surface area contributed by atoms with Crippen molar-refractivity contribution in [3.63, 3.8) is 0 Å². The van der Waals surface area contributed by atoms with Crippen LogP contribution in [0.5, 0.6) is 5.75 Å². The summed E-state index contributed by atoms with van der Waals surface area (Å²) < 4.78 is 89.1. The van der Waals surface area contributed by atoms with Gasteiger partial charge in [-0.15, -0.1) is 15.3 Å². The van der Waals surface area contributed by atoms with E-state index in [4.69, 9.17) is 4.74 Å². The van der Waals surface area contributed by atoms with Gasteiger partial charge in [-0.05, 0) is 134 Å². The summed E-state index contributed by atoms with van der Waals surface area (Å²) in [5.41, 5.74) is 3.75. The van der Waals surface area contributed by atoms with Crippen LogP contribution in [-0.4, -0.2) is 91.8 Å². The molecular formula is C51H40Br2N12O10S3. The number of hydrogen-bond acceptors (Lipinski definition) is 16. The number of hydrogen-bond donors (Lipinski definition) is 3. The van der Waals surface area contributed by atoms with Crippen molar-refractivity contribution in [2.24, 2.45) is 0 Å². The number of H-pyrrole nitrogens is 3. The minimum absolute atomic E-state index is 0.0272. The summed E-state index contributed by atoms with van der Waals surface area (Å²) >= 11 is 6.63. The fourth-order valence-corrected chi connectivity index (χ4v) is 14.6. The molecule has 0 atom stereocenters. The van der Waals surface area contributed by atoms with Crippen molar-refractivity contribution in [3.05, 3.63) is 183 Å². The van der Waals surface area contributed by atoms with Crippen LogP contribution < -0.4 is 21.4 Å². The standard InChI is InChI=1S/C18H16N4O4S.C17H13BrN4O3S.C16H11BrN4O3S/c1-10-7-8-14(11(2)9-10)27(24,25)18-16-19-17(23)15-12(22(16)21-20-18)5-4-6-13(15)26-3;1-9-3-6-14(10(2)7-9)26(24,25)17-15-19-16(23)12-5-4-11(18)8-13(12)22(15)21-20-17;1-9-6-7-13(11(17)8-9)25(23,24)16-14-18-15(22)10-4-2-3-5-12(10)21(14)20-19-16/h4-9,21H,1-3H3;3-8,21H,1-2H3;2-8,20H,1H3. The number of sulfone groups is 3. The van der Waals surface area contributed by atoms with Crippen molar-refractivity contribution < 1.29 is 30.0 Å². The zero-order valence-corrected chi connectivity index (χ0v) is 47.2. The van der Waals surface area contributed by atoms with Gasteiger partial charge in [0.25, 0.3) is 16.7 Å². The SMILES string of the molecule is COc1cccc2c1c(=O)nc1c(S(=O)(=O)c3ccc(C)cc3C)n[nH]n12.Cc1ccc(S(=O)(=O)c2n[nH]n3c2nc(=O)c2ccc(Br)cc23)c(C)c1.Cc1ccc(S(=O)(=O)c2n[nH]n3c2nc(=O)c2ccccc23)c(Br)c1. The van der Waals surface area contributed by atoms with Gasteiger partial charge >= 0.3 is 0 Å². The summed E-state index contributed by atoms with van der Waals surface area (Å²) in [4.78, 5) is 49.3. The van der Waals surface area contributed by atoms with E-state index in [9.17, 15) is 39.6 Å². The minimum atomic E-state index is -3.97. The van der Waals surface area contributed by atoms with Gasteiger partial charge in [-0.1, -0.05) is 75.6 Å². The van der Waals surface area contributed by atoms with Crippen molar-refractivity contribution >= 4 is 111 Å². The molecule has 0 aliphatic rings. The molecule has 0 bridgehead atoms. The summed E-state index contributed by atoms with van der Waals surface area (Å²) in [6.45, 7) is 9.07. The molecule has 0 spiro atoms. The predicted octanol–water partition coefficient (Wildman–Crippen LogP) is 7.29. The number of aryl methyl sites for hydroxylation is 5. The number of nitrogens with one attached hydrogen (secondary N) is 3. The van der Waals surface area contributed by atoms with Gasteiger partial charge < -0.3 is 4.74 Å². The van der Waals surface area contributed by atoms with Crippen LogP contribution in [0.25, 0.3) is 49.7 Å². The lowest BCUT2D eigenvalue weighted by Crippen LogP contribution is -2.13. The summed E-state index contributed by atoms with van der Waals surface area (Å²) in [5.74, 6) is 0.354. The first kappa shape index (κ1) is 53.2. The van der Waals surface area contributed by atoms with E-state index in [1.807, 2.05) is 20.8 Å². The van der Waals surface area contributed by atoms with Crippen LogP contribution in [0.3, 0.4) is 0 Å². The Balaban J connectivity index is 0.000000132. The number of methoxy groups -OCH3 is 1. The highest BCUT2D eigenvalue weighted by atomic mass is 79.9. The number of rotatable bonds is 7. The number of aromatic nitrogens is 12. The van der Waals surface area contributed by atoms with Crippen LogP contribution in [0, 0.1) is 34.6 Å². The molecule has 0 aliphatic heterocycles. The smallest absolute Gasteiger partial charge is 0.285 e. The first-order valence-corrected chi connectivity index (χ1v) is 29.1. The van der Waals surface area contributed by atoms with Crippen LogP contribution in [0.4, 0.5) is 0 Å². The highest BCUT2D eigenvalue weighted by molar-refractivity contribution is 9.10. The van der Waals surface area contributed by atoms with Crippen LogP contribution >= 0.6 is 31.9 Å². The van der Waals surface area contributed by atoms with E-state index in [1.165, 1.54) is 32.8 Å². The number of fused-ring (bicyclic) bond motifs is 9. The average Bonchev–Trinajstić information content (AvgIpc) is 4.16. The van der Waals surface area contributed by atoms with Gasteiger partial charge in [0.05, 0.1) is 49.1 Å². The molecule has 6 aromatic carbocycles. The molecule has 396 valence electrons. The Kier molecular flexibility index (Phi) is 13.6. The number of nitrogens with zero attached hydrogens (tertiary/aromatic N) is 9. The second-order valence-electron chi connectivity index (χ2n) is 17.8. The highest BCUT2D eigenvalue weighted by Crippen LogP contribution is 2.32. The molecule has 6 heterocycles. The van der Waals surface area contributed by atoms with E-state index < -0.39 is 46.2 Å². The van der Waals surface area contributed by atoms with Gasteiger partial charge in [-0.3, -0.25) is 14.4 Å². The molecule has 0 radical (unpaired) electrons. The largest absolute Gasteiger partial charge is 0.496 e. The lowest BCUT2D eigenvalue weighted by atomic mass is 10.2. The normalized spacial score (nSPS) is 12.1. The van der Waals surface area contributed by atoms with E-state index in [2.05, 4.69) is 77.7 Å². The number of para-hydroxylation sites is 1. The Morgan fingerprint density at radius 1 is 0.462 bits per heavy atom. The Morgan fingerprint density at radius 2 is 0.897 bits per heavy atom. The Bertz CT molecular complexity index is 5030. The summed E-state index contributed by atoms with van der Waals surface area (Å²) in [5, 5.41) is 19.9. The van der Waals surface area contributed by atoms with Gasteiger partial charge in [0.1, 0.15) is 11.1 Å². The number of ether oxygens (including phenoxy) is 1. The quantitative estimate of drug-likeness (QED) is 0.141. The maximum absolute atomic E-state index is 13.1. The maximum atomic E-state index is 13.1. The fraction of sp³-hybridized carbons (Fsp3) is 0.118. The summed E-state index contributed by atoms with van der Waals surface area (Å²) in [6, 6.07) is 31.8. The van der Waals surface area contributed by atoms with Gasteiger partial charge in [0.2, 0.25) is 44.6 Å². The number of benzene rings is 6. The molecule has 0 unspecified atom stereocenters. The van der Waals surface area contributed by atoms with Gasteiger partial charge in [0, 0.05) is 8.95 Å². The zero-order valence-electron chi connectivity index (χ0n) is 41.6. The zero-order chi connectivity index (χ0) is 55.7. The molecule has 6 aromatic heterocycles. The second-order valence-corrected chi connectivity index (χ2v) is 25.1. The van der Waals surface area contributed by atoms with Crippen LogP contribution in [-0.2, 0) is 29.5 Å². The molecule has 27 heteroatoms. The van der Waals surface area contributed by atoms with Crippen molar-refractivity contribution in [2.75, 3.05) is 7.11 Å². The third-order valence-electron chi connectivity index (χ3n) is 12.5. The maximum Gasteiger partial charge on any atom is 0.285 e. The van der Waals surface area contributed by atoms with E-state index in [1.54, 1.807) is 117 Å². The van der Waals surface area contributed by atoms with Crippen LogP contribution in [0.2, 0.25) is 0 Å². The molecule has 0 aliphatic carbocycles. The first-order chi connectivity index (χ1) is 37.0. The monoisotopic (exact) mass is 1230 g/mol.